The summed E-state index contributed by atoms with van der Waals surface area (Å²) in [4.78, 5) is 14.7. The van der Waals surface area contributed by atoms with Gasteiger partial charge in [-0.1, -0.05) is 36.8 Å². The molecule has 2 amide bonds. The summed E-state index contributed by atoms with van der Waals surface area (Å²) in [6.45, 7) is 4.58. The number of anilines is 1. The lowest BCUT2D eigenvalue weighted by atomic mass is 10.0. The summed E-state index contributed by atoms with van der Waals surface area (Å²) in [5.74, 6) is 0. The Balaban J connectivity index is 1.53. The van der Waals surface area contributed by atoms with Crippen molar-refractivity contribution < 1.29 is 4.79 Å². The molecule has 0 spiro atoms. The maximum absolute atomic E-state index is 12.2. The second kappa shape index (κ2) is 8.16. The van der Waals surface area contributed by atoms with Crippen molar-refractivity contribution in [3.63, 3.8) is 0 Å². The number of likely N-dealkylation sites (tertiary alicyclic amines) is 1. The smallest absolute Gasteiger partial charge is 0.319 e. The number of nitrogens with zero attached hydrogens (tertiary/aromatic N) is 3. The molecule has 1 aliphatic rings. The molecule has 1 aliphatic heterocycles. The highest BCUT2D eigenvalue weighted by atomic mass is 16.2. The van der Waals surface area contributed by atoms with Crippen LogP contribution >= 0.6 is 0 Å². The van der Waals surface area contributed by atoms with Crippen molar-refractivity contribution in [3.05, 3.63) is 47.8 Å². The van der Waals surface area contributed by atoms with E-state index in [1.807, 2.05) is 26.2 Å². The molecule has 134 valence electrons. The quantitative estimate of drug-likeness (QED) is 0.879. The van der Waals surface area contributed by atoms with Crippen LogP contribution in [0.4, 0.5) is 10.5 Å². The number of amides is 2. The number of aromatic nitrogens is 2. The molecule has 2 aromatic rings. The second-order valence-electron chi connectivity index (χ2n) is 6.74. The summed E-state index contributed by atoms with van der Waals surface area (Å²) in [6.07, 6.45) is 5.39. The molecular weight excluding hydrogens is 314 g/mol. The van der Waals surface area contributed by atoms with Crippen LogP contribution in [0.3, 0.4) is 0 Å². The number of nitrogens with one attached hydrogen (secondary N) is 2. The van der Waals surface area contributed by atoms with Crippen molar-refractivity contribution >= 4 is 11.7 Å². The van der Waals surface area contributed by atoms with E-state index < -0.39 is 0 Å². The zero-order chi connectivity index (χ0) is 17.6. The minimum atomic E-state index is -0.165. The van der Waals surface area contributed by atoms with Crippen molar-refractivity contribution in [2.75, 3.05) is 18.4 Å². The molecule has 2 N–H and O–H groups in total. The lowest BCUT2D eigenvalue weighted by Gasteiger charge is -2.35. The van der Waals surface area contributed by atoms with Crippen LogP contribution in [0.5, 0.6) is 0 Å². The van der Waals surface area contributed by atoms with Crippen molar-refractivity contribution in [2.45, 2.75) is 38.8 Å². The van der Waals surface area contributed by atoms with Crippen LogP contribution in [0.25, 0.3) is 0 Å². The first-order chi connectivity index (χ1) is 12.1. The Labute approximate surface area is 149 Å². The molecule has 6 heteroatoms. The van der Waals surface area contributed by atoms with Gasteiger partial charge in [-0.15, -0.1) is 0 Å². The topological polar surface area (TPSA) is 62.2 Å². The summed E-state index contributed by atoms with van der Waals surface area (Å²) >= 11 is 0. The third kappa shape index (κ3) is 4.82. The number of carbonyl (C=O) groups is 1. The van der Waals surface area contributed by atoms with Crippen LogP contribution in [0.1, 0.15) is 30.5 Å². The predicted octanol–water partition coefficient (Wildman–Crippen LogP) is 2.90. The summed E-state index contributed by atoms with van der Waals surface area (Å²) in [7, 11) is 1.85. The average Bonchev–Trinajstić information content (AvgIpc) is 2.92. The molecule has 0 bridgehead atoms. The van der Waals surface area contributed by atoms with Gasteiger partial charge in [0.05, 0.1) is 11.4 Å². The monoisotopic (exact) mass is 341 g/mol. The fourth-order valence-electron chi connectivity index (χ4n) is 3.42. The minimum Gasteiger partial charge on any atom is -0.336 e. The summed E-state index contributed by atoms with van der Waals surface area (Å²) in [5, 5.41) is 10.1. The van der Waals surface area contributed by atoms with E-state index in [0.717, 1.165) is 30.9 Å². The molecule has 1 aromatic carbocycles. The number of hydrogen-bond donors (Lipinski definition) is 2. The molecule has 0 radical (unpaired) electrons. The highest BCUT2D eigenvalue weighted by molar-refractivity contribution is 5.89. The van der Waals surface area contributed by atoms with E-state index in [0.29, 0.717) is 12.6 Å². The molecule has 6 nitrogen and oxygen atoms in total. The number of benzene rings is 1. The SMILES string of the molecule is Cc1nn(C)cc1NC(=O)NC[C@H]1CCCCN1Cc1ccccc1. The van der Waals surface area contributed by atoms with E-state index in [1.54, 1.807) is 4.68 Å². The number of urea groups is 1. The normalized spacial score (nSPS) is 18.1. The number of carbonyl (C=O) groups excluding carboxylic acids is 1. The van der Waals surface area contributed by atoms with E-state index in [-0.39, 0.29) is 6.03 Å². The standard InChI is InChI=1S/C19H27N5O/c1-15-18(14-23(2)22-15)21-19(25)20-12-17-10-6-7-11-24(17)13-16-8-4-3-5-9-16/h3-5,8-9,14,17H,6-7,10-13H2,1-2H3,(H2,20,21,25)/t17-/m1/s1. The first-order valence-electron chi connectivity index (χ1n) is 8.95. The lowest BCUT2D eigenvalue weighted by Crippen LogP contribution is -2.47. The largest absolute Gasteiger partial charge is 0.336 e. The zero-order valence-corrected chi connectivity index (χ0v) is 15.0. The average molecular weight is 341 g/mol. The van der Waals surface area contributed by atoms with Gasteiger partial charge in [-0.2, -0.15) is 5.10 Å². The van der Waals surface area contributed by atoms with Crippen molar-refractivity contribution in [2.24, 2.45) is 7.05 Å². The van der Waals surface area contributed by atoms with Crippen LogP contribution in [-0.2, 0) is 13.6 Å². The van der Waals surface area contributed by atoms with Gasteiger partial charge in [-0.3, -0.25) is 9.58 Å². The van der Waals surface area contributed by atoms with Gasteiger partial charge in [-0.25, -0.2) is 4.79 Å². The molecule has 0 aliphatic carbocycles. The van der Waals surface area contributed by atoms with E-state index in [2.05, 4.69) is 44.9 Å². The lowest BCUT2D eigenvalue weighted by molar-refractivity contribution is 0.139. The Morgan fingerprint density at radius 2 is 2.08 bits per heavy atom. The molecule has 0 saturated carbocycles. The predicted molar refractivity (Wildman–Crippen MR) is 99.5 cm³/mol. The summed E-state index contributed by atoms with van der Waals surface area (Å²) < 4.78 is 1.70. The maximum Gasteiger partial charge on any atom is 0.319 e. The van der Waals surface area contributed by atoms with E-state index in [1.165, 1.54) is 18.4 Å². The van der Waals surface area contributed by atoms with Gasteiger partial charge in [-0.05, 0) is 31.9 Å². The number of hydrogen-bond acceptors (Lipinski definition) is 3. The highest BCUT2D eigenvalue weighted by Gasteiger charge is 2.23. The Bertz CT molecular complexity index is 697. The van der Waals surface area contributed by atoms with Crippen LogP contribution in [-0.4, -0.2) is 39.8 Å². The first-order valence-corrected chi connectivity index (χ1v) is 8.95. The molecule has 3 rings (SSSR count). The van der Waals surface area contributed by atoms with Crippen LogP contribution < -0.4 is 10.6 Å². The molecule has 1 aromatic heterocycles. The molecule has 1 atom stereocenters. The van der Waals surface area contributed by atoms with Crippen molar-refractivity contribution in [3.8, 4) is 0 Å². The van der Waals surface area contributed by atoms with Crippen LogP contribution in [0, 0.1) is 6.92 Å². The van der Waals surface area contributed by atoms with E-state index in [4.69, 9.17) is 0 Å². The minimum absolute atomic E-state index is 0.165. The summed E-state index contributed by atoms with van der Waals surface area (Å²) in [5.41, 5.74) is 2.90. The Morgan fingerprint density at radius 3 is 2.80 bits per heavy atom. The Hall–Kier alpha value is -2.34. The van der Waals surface area contributed by atoms with Gasteiger partial charge in [0.15, 0.2) is 0 Å². The number of piperidine rings is 1. The number of rotatable bonds is 5. The zero-order valence-electron chi connectivity index (χ0n) is 15.0. The van der Waals surface area contributed by atoms with Gasteiger partial charge < -0.3 is 10.6 Å². The number of aryl methyl sites for hydroxylation is 2. The van der Waals surface area contributed by atoms with Crippen LogP contribution in [0.2, 0.25) is 0 Å². The molecular formula is C19H27N5O. The van der Waals surface area contributed by atoms with Crippen molar-refractivity contribution in [1.29, 1.82) is 0 Å². The molecule has 0 unspecified atom stereocenters. The van der Waals surface area contributed by atoms with Gasteiger partial charge in [0.25, 0.3) is 0 Å². The fraction of sp³-hybridized carbons (Fsp3) is 0.474. The molecule has 1 saturated heterocycles. The summed E-state index contributed by atoms with van der Waals surface area (Å²) in [6, 6.07) is 10.8. The van der Waals surface area contributed by atoms with Gasteiger partial charge in [0, 0.05) is 32.4 Å². The van der Waals surface area contributed by atoms with Crippen LogP contribution in [0.15, 0.2) is 36.5 Å². The first kappa shape index (κ1) is 17.5. The van der Waals surface area contributed by atoms with Gasteiger partial charge in [0.2, 0.25) is 0 Å². The van der Waals surface area contributed by atoms with E-state index >= 15 is 0 Å². The maximum atomic E-state index is 12.2. The van der Waals surface area contributed by atoms with Crippen molar-refractivity contribution in [1.82, 2.24) is 20.0 Å². The fourth-order valence-corrected chi connectivity index (χ4v) is 3.42. The third-order valence-corrected chi connectivity index (χ3v) is 4.74. The van der Waals surface area contributed by atoms with Gasteiger partial charge in [0.1, 0.15) is 0 Å². The third-order valence-electron chi connectivity index (χ3n) is 4.74. The molecule has 25 heavy (non-hydrogen) atoms. The van der Waals surface area contributed by atoms with E-state index in [9.17, 15) is 4.79 Å². The van der Waals surface area contributed by atoms with Gasteiger partial charge >= 0.3 is 6.03 Å². The molecule has 2 heterocycles. The Kier molecular flexibility index (Phi) is 5.71. The molecule has 1 fully saturated rings. The highest BCUT2D eigenvalue weighted by Crippen LogP contribution is 2.19. The Morgan fingerprint density at radius 1 is 1.28 bits per heavy atom. The second-order valence-corrected chi connectivity index (χ2v) is 6.74.